The first-order chi connectivity index (χ1) is 20.7. The van der Waals surface area contributed by atoms with Crippen LogP contribution in [0.1, 0.15) is 31.4 Å². The van der Waals surface area contributed by atoms with Gasteiger partial charge in [0.15, 0.2) is 0 Å². The first kappa shape index (κ1) is 34.6. The Morgan fingerprint density at radius 3 is 2.27 bits per heavy atom. The second-order valence-electron chi connectivity index (χ2n) is 10.2. The van der Waals surface area contributed by atoms with E-state index in [1.165, 1.54) is 18.1 Å². The molecule has 0 bridgehead atoms. The van der Waals surface area contributed by atoms with Crippen molar-refractivity contribution in [2.24, 2.45) is 0 Å². The number of non-ortho nitro benzene ring substituents is 1. The summed E-state index contributed by atoms with van der Waals surface area (Å²) in [5.41, 5.74) is 0.713. The molecule has 2 amide bonds. The van der Waals surface area contributed by atoms with E-state index in [2.05, 4.69) is 5.32 Å². The molecule has 3 rings (SSSR count). The Bertz CT molecular complexity index is 1610. The van der Waals surface area contributed by atoms with Gasteiger partial charge in [-0.1, -0.05) is 66.5 Å². The number of ether oxygens (including phenoxy) is 1. The van der Waals surface area contributed by atoms with Crippen LogP contribution in [0.3, 0.4) is 0 Å². The molecule has 236 valence electrons. The Morgan fingerprint density at radius 2 is 1.70 bits per heavy atom. The van der Waals surface area contributed by atoms with Crippen LogP contribution in [0, 0.1) is 10.1 Å². The summed E-state index contributed by atoms with van der Waals surface area (Å²) in [5, 5.41) is 15.0. The number of nitro groups is 1. The molecule has 14 heteroatoms. The number of hydrogen-bond donors (Lipinski definition) is 1. The number of anilines is 1. The molecule has 2 unspecified atom stereocenters. The molecular weight excluding hydrogens is 631 g/mol. The zero-order valence-electron chi connectivity index (χ0n) is 24.7. The van der Waals surface area contributed by atoms with Gasteiger partial charge < -0.3 is 15.0 Å². The Morgan fingerprint density at radius 1 is 1.02 bits per heavy atom. The summed E-state index contributed by atoms with van der Waals surface area (Å²) in [6.07, 6.45) is 1.63. The number of carbonyl (C=O) groups excluding carboxylic acids is 2. The van der Waals surface area contributed by atoms with Gasteiger partial charge in [-0.2, -0.15) is 0 Å². The Balaban J connectivity index is 2.15. The van der Waals surface area contributed by atoms with Gasteiger partial charge in [0.25, 0.3) is 5.69 Å². The number of rotatable bonds is 14. The lowest BCUT2D eigenvalue weighted by Crippen LogP contribution is -2.54. The third kappa shape index (κ3) is 9.07. The second-order valence-corrected chi connectivity index (χ2v) is 12.9. The van der Waals surface area contributed by atoms with Crippen LogP contribution in [0.2, 0.25) is 10.0 Å². The second kappa shape index (κ2) is 15.2. The van der Waals surface area contributed by atoms with Crippen LogP contribution in [-0.2, 0) is 32.6 Å². The maximum absolute atomic E-state index is 14.2. The van der Waals surface area contributed by atoms with Crippen molar-refractivity contribution in [3.8, 4) is 5.75 Å². The van der Waals surface area contributed by atoms with E-state index in [9.17, 15) is 28.1 Å². The molecule has 2 atom stereocenters. The van der Waals surface area contributed by atoms with E-state index in [-0.39, 0.29) is 35.5 Å². The summed E-state index contributed by atoms with van der Waals surface area (Å²) in [7, 11) is -2.91. The van der Waals surface area contributed by atoms with Crippen molar-refractivity contribution in [1.29, 1.82) is 0 Å². The molecule has 11 nitrogen and oxygen atoms in total. The number of amides is 2. The third-order valence-electron chi connectivity index (χ3n) is 6.93. The van der Waals surface area contributed by atoms with Crippen molar-refractivity contribution in [2.75, 3.05) is 24.2 Å². The SMILES string of the molecule is CCC(C)NC(=O)C(Cc1ccccc1)N(Cc1ccc(Cl)c(Cl)c1)C(=O)CN(c1cc([N+](=O)[O-])ccc1OC)S(C)(=O)=O. The van der Waals surface area contributed by atoms with Gasteiger partial charge in [0, 0.05) is 31.1 Å². The number of halogens is 2. The zero-order chi connectivity index (χ0) is 32.6. The zero-order valence-corrected chi connectivity index (χ0v) is 27.0. The smallest absolute Gasteiger partial charge is 0.271 e. The fraction of sp³-hybridized carbons (Fsp3) is 0.333. The standard InChI is InChI=1S/C30H34Cl2N4O7S/c1-5-20(2)33-30(38)27(16-21-9-7-6-8-10-21)34(18-22-11-13-24(31)25(32)15-22)29(37)19-35(44(4,41)42)26-17-23(36(39)40)12-14-28(26)43-3/h6-15,17,20,27H,5,16,18-19H2,1-4H3,(H,33,38). The summed E-state index contributed by atoms with van der Waals surface area (Å²) in [4.78, 5) is 40.1. The highest BCUT2D eigenvalue weighted by Gasteiger charge is 2.34. The number of carbonyl (C=O) groups is 2. The molecule has 3 aromatic rings. The minimum absolute atomic E-state index is 0.000192. The minimum Gasteiger partial charge on any atom is -0.495 e. The molecule has 0 fully saturated rings. The Kier molecular flexibility index (Phi) is 12.0. The Labute approximate surface area is 266 Å². The fourth-order valence-corrected chi connectivity index (χ4v) is 5.58. The monoisotopic (exact) mass is 664 g/mol. The van der Waals surface area contributed by atoms with Crippen LogP contribution in [-0.4, -0.2) is 62.0 Å². The van der Waals surface area contributed by atoms with E-state index in [1.807, 2.05) is 44.2 Å². The van der Waals surface area contributed by atoms with Crippen LogP contribution in [0.15, 0.2) is 66.7 Å². The van der Waals surface area contributed by atoms with Crippen LogP contribution >= 0.6 is 23.2 Å². The van der Waals surface area contributed by atoms with Crippen LogP contribution < -0.4 is 14.4 Å². The van der Waals surface area contributed by atoms with Gasteiger partial charge in [0.05, 0.1) is 28.3 Å². The molecule has 0 spiro atoms. The van der Waals surface area contributed by atoms with Crippen LogP contribution in [0.5, 0.6) is 5.75 Å². The van der Waals surface area contributed by atoms with Gasteiger partial charge in [-0.25, -0.2) is 8.42 Å². The lowest BCUT2D eigenvalue weighted by Gasteiger charge is -2.34. The molecule has 1 N–H and O–H groups in total. The highest BCUT2D eigenvalue weighted by Crippen LogP contribution is 2.34. The molecule has 0 aliphatic rings. The van der Waals surface area contributed by atoms with Gasteiger partial charge in [-0.05, 0) is 42.7 Å². The van der Waals surface area contributed by atoms with Gasteiger partial charge >= 0.3 is 0 Å². The van der Waals surface area contributed by atoms with Gasteiger partial charge in [0.1, 0.15) is 24.0 Å². The van der Waals surface area contributed by atoms with E-state index >= 15 is 0 Å². The largest absolute Gasteiger partial charge is 0.495 e. The minimum atomic E-state index is -4.19. The van der Waals surface area contributed by atoms with E-state index in [0.29, 0.717) is 17.0 Å². The summed E-state index contributed by atoms with van der Waals surface area (Å²) in [6, 6.07) is 16.0. The molecule has 0 heterocycles. The molecule has 44 heavy (non-hydrogen) atoms. The Hall–Kier alpha value is -3.87. The third-order valence-corrected chi connectivity index (χ3v) is 8.80. The first-order valence-corrected chi connectivity index (χ1v) is 16.2. The van der Waals surface area contributed by atoms with Gasteiger partial charge in [-0.15, -0.1) is 0 Å². The van der Waals surface area contributed by atoms with Crippen molar-refractivity contribution < 1.29 is 27.7 Å². The molecular formula is C30H34Cl2N4O7S. The van der Waals surface area contributed by atoms with E-state index in [1.54, 1.807) is 18.2 Å². The highest BCUT2D eigenvalue weighted by molar-refractivity contribution is 7.92. The van der Waals surface area contributed by atoms with E-state index < -0.39 is 45.0 Å². The van der Waals surface area contributed by atoms with Crippen molar-refractivity contribution in [1.82, 2.24) is 10.2 Å². The molecule has 0 saturated carbocycles. The normalized spacial score (nSPS) is 12.6. The highest BCUT2D eigenvalue weighted by atomic mass is 35.5. The maximum atomic E-state index is 14.2. The van der Waals surface area contributed by atoms with Crippen LogP contribution in [0.4, 0.5) is 11.4 Å². The number of nitrogens with zero attached hydrogens (tertiary/aromatic N) is 3. The maximum Gasteiger partial charge on any atom is 0.271 e. The fourth-order valence-electron chi connectivity index (χ4n) is 4.41. The number of methoxy groups -OCH3 is 1. The average Bonchev–Trinajstić information content (AvgIpc) is 2.98. The van der Waals surface area contributed by atoms with Crippen molar-refractivity contribution in [2.45, 2.75) is 45.3 Å². The van der Waals surface area contributed by atoms with Crippen molar-refractivity contribution in [3.63, 3.8) is 0 Å². The number of hydrogen-bond acceptors (Lipinski definition) is 7. The molecule has 0 saturated heterocycles. The summed E-state index contributed by atoms with van der Waals surface area (Å²) in [6.45, 7) is 2.85. The predicted octanol–water partition coefficient (Wildman–Crippen LogP) is 5.23. The first-order valence-electron chi connectivity index (χ1n) is 13.6. The van der Waals surface area contributed by atoms with E-state index in [0.717, 1.165) is 28.3 Å². The molecule has 0 aromatic heterocycles. The summed E-state index contributed by atoms with van der Waals surface area (Å²) >= 11 is 12.4. The van der Waals surface area contributed by atoms with Gasteiger partial charge in [-0.3, -0.25) is 24.0 Å². The summed E-state index contributed by atoms with van der Waals surface area (Å²) in [5.74, 6) is -1.18. The molecule has 0 aliphatic carbocycles. The molecule has 3 aromatic carbocycles. The number of benzene rings is 3. The van der Waals surface area contributed by atoms with Gasteiger partial charge in [0.2, 0.25) is 21.8 Å². The quantitative estimate of drug-likeness (QED) is 0.184. The number of nitro benzene ring substituents is 1. The van der Waals surface area contributed by atoms with Crippen molar-refractivity contribution >= 4 is 56.4 Å². The lowest BCUT2D eigenvalue weighted by atomic mass is 10.0. The summed E-state index contributed by atoms with van der Waals surface area (Å²) < 4.78 is 32.2. The number of sulfonamides is 1. The average molecular weight is 666 g/mol. The number of nitrogens with one attached hydrogen (secondary N) is 1. The van der Waals surface area contributed by atoms with Crippen molar-refractivity contribution in [3.05, 3.63) is 98.0 Å². The topological polar surface area (TPSA) is 139 Å². The van der Waals surface area contributed by atoms with Crippen LogP contribution in [0.25, 0.3) is 0 Å². The molecule has 0 aliphatic heterocycles. The predicted molar refractivity (Wildman–Crippen MR) is 171 cm³/mol. The van der Waals surface area contributed by atoms with E-state index in [4.69, 9.17) is 27.9 Å². The molecule has 0 radical (unpaired) electrons. The lowest BCUT2D eigenvalue weighted by molar-refractivity contribution is -0.384.